The zero-order valence-electron chi connectivity index (χ0n) is 10.7. The molecule has 1 fully saturated rings. The molecule has 17 heavy (non-hydrogen) atoms. The van der Waals surface area contributed by atoms with Gasteiger partial charge in [-0.25, -0.2) is 0 Å². The first-order valence-electron chi connectivity index (χ1n) is 5.96. The van der Waals surface area contributed by atoms with Crippen LogP contribution in [0.2, 0.25) is 0 Å². The molecule has 0 spiro atoms. The van der Waals surface area contributed by atoms with Crippen LogP contribution in [-0.2, 0) is 6.42 Å². The van der Waals surface area contributed by atoms with Crippen LogP contribution in [0.5, 0.6) is 11.5 Å². The summed E-state index contributed by atoms with van der Waals surface area (Å²) in [5, 5.41) is 9.38. The minimum atomic E-state index is 0.129. The lowest BCUT2D eigenvalue weighted by Crippen LogP contribution is -2.11. The fourth-order valence-corrected chi connectivity index (χ4v) is 2.18. The average Bonchev–Trinajstić information content (AvgIpc) is 3.11. The van der Waals surface area contributed by atoms with E-state index in [0.717, 1.165) is 30.8 Å². The molecule has 0 amide bonds. The molecule has 1 aromatic rings. The molecule has 0 heterocycles. The van der Waals surface area contributed by atoms with Gasteiger partial charge in [-0.2, -0.15) is 0 Å². The third-order valence-electron chi connectivity index (χ3n) is 3.70. The van der Waals surface area contributed by atoms with Crippen LogP contribution in [0.4, 0.5) is 0 Å². The molecule has 0 atom stereocenters. The van der Waals surface area contributed by atoms with Gasteiger partial charge in [0.1, 0.15) is 0 Å². The van der Waals surface area contributed by atoms with Gasteiger partial charge in [0.2, 0.25) is 0 Å². The van der Waals surface area contributed by atoms with Crippen LogP contribution in [0.1, 0.15) is 24.0 Å². The van der Waals surface area contributed by atoms with Crippen molar-refractivity contribution in [2.45, 2.75) is 26.2 Å². The van der Waals surface area contributed by atoms with Crippen LogP contribution in [0, 0.1) is 12.3 Å². The van der Waals surface area contributed by atoms with E-state index in [1.165, 1.54) is 11.1 Å². The SMILES string of the molecule is COc1cc(C)c(CC2(CO)CC2)cc1OC. The van der Waals surface area contributed by atoms with E-state index < -0.39 is 0 Å². The predicted octanol–water partition coefficient (Wildman–Crippen LogP) is 2.33. The largest absolute Gasteiger partial charge is 0.493 e. The van der Waals surface area contributed by atoms with Gasteiger partial charge < -0.3 is 14.6 Å². The predicted molar refractivity (Wildman–Crippen MR) is 66.7 cm³/mol. The second-order valence-corrected chi connectivity index (χ2v) is 4.97. The maximum absolute atomic E-state index is 9.38. The summed E-state index contributed by atoms with van der Waals surface area (Å²) < 4.78 is 10.6. The fraction of sp³-hybridized carbons (Fsp3) is 0.571. The Morgan fingerprint density at radius 2 is 1.76 bits per heavy atom. The molecule has 0 aromatic heterocycles. The summed E-state index contributed by atoms with van der Waals surface area (Å²) in [7, 11) is 3.29. The van der Waals surface area contributed by atoms with Gasteiger partial charge in [0.05, 0.1) is 14.2 Å². The Labute approximate surface area is 102 Å². The Bertz CT molecular complexity index is 408. The van der Waals surface area contributed by atoms with Gasteiger partial charge in [-0.3, -0.25) is 0 Å². The Morgan fingerprint density at radius 1 is 1.18 bits per heavy atom. The van der Waals surface area contributed by atoms with E-state index in [0.29, 0.717) is 0 Å². The first kappa shape index (κ1) is 12.2. The van der Waals surface area contributed by atoms with Gasteiger partial charge in [0.15, 0.2) is 11.5 Å². The molecular formula is C14H20O3. The van der Waals surface area contributed by atoms with Gasteiger partial charge >= 0.3 is 0 Å². The zero-order chi connectivity index (χ0) is 12.5. The van der Waals surface area contributed by atoms with Crippen molar-refractivity contribution in [1.29, 1.82) is 0 Å². The number of aryl methyl sites for hydroxylation is 1. The lowest BCUT2D eigenvalue weighted by atomic mass is 9.94. The molecule has 0 aliphatic heterocycles. The van der Waals surface area contributed by atoms with Crippen LogP contribution in [0.25, 0.3) is 0 Å². The summed E-state index contributed by atoms with van der Waals surface area (Å²) in [6, 6.07) is 4.03. The zero-order valence-corrected chi connectivity index (χ0v) is 10.7. The van der Waals surface area contributed by atoms with Crippen molar-refractivity contribution in [3.8, 4) is 11.5 Å². The van der Waals surface area contributed by atoms with E-state index in [2.05, 4.69) is 6.92 Å². The Morgan fingerprint density at radius 3 is 2.24 bits per heavy atom. The minimum absolute atomic E-state index is 0.129. The molecule has 3 heteroatoms. The third-order valence-corrected chi connectivity index (χ3v) is 3.70. The van der Waals surface area contributed by atoms with Crippen molar-refractivity contribution in [2.24, 2.45) is 5.41 Å². The van der Waals surface area contributed by atoms with Crippen LogP contribution in [0.3, 0.4) is 0 Å². The molecule has 1 aliphatic carbocycles. The number of hydrogen-bond acceptors (Lipinski definition) is 3. The average molecular weight is 236 g/mol. The fourth-order valence-electron chi connectivity index (χ4n) is 2.18. The molecule has 3 nitrogen and oxygen atoms in total. The monoisotopic (exact) mass is 236 g/mol. The van der Waals surface area contributed by atoms with Gasteiger partial charge in [0.25, 0.3) is 0 Å². The van der Waals surface area contributed by atoms with Crippen LogP contribution in [-0.4, -0.2) is 25.9 Å². The summed E-state index contributed by atoms with van der Waals surface area (Å²) >= 11 is 0. The molecule has 1 aromatic carbocycles. The smallest absolute Gasteiger partial charge is 0.161 e. The second kappa shape index (κ2) is 4.57. The summed E-state index contributed by atoms with van der Waals surface area (Å²) in [5.41, 5.74) is 2.57. The lowest BCUT2D eigenvalue weighted by Gasteiger charge is -2.16. The highest BCUT2D eigenvalue weighted by atomic mass is 16.5. The van der Waals surface area contributed by atoms with Gasteiger partial charge in [-0.05, 0) is 54.9 Å². The highest BCUT2D eigenvalue weighted by Gasteiger charge is 2.42. The van der Waals surface area contributed by atoms with E-state index in [9.17, 15) is 5.11 Å². The number of hydrogen-bond donors (Lipinski definition) is 1. The standard InChI is InChI=1S/C14H20O3/c1-10-6-12(16-2)13(17-3)7-11(10)8-14(9-15)4-5-14/h6-7,15H,4-5,8-9H2,1-3H3. The first-order chi connectivity index (χ1) is 8.14. The summed E-state index contributed by atoms with van der Waals surface area (Å²) in [4.78, 5) is 0. The van der Waals surface area contributed by atoms with E-state index in [1.54, 1.807) is 14.2 Å². The molecule has 0 radical (unpaired) electrons. The maximum atomic E-state index is 9.38. The maximum Gasteiger partial charge on any atom is 0.161 e. The quantitative estimate of drug-likeness (QED) is 0.852. The Kier molecular flexibility index (Phi) is 3.29. The Hall–Kier alpha value is -1.22. The molecule has 2 rings (SSSR count). The van der Waals surface area contributed by atoms with Crippen LogP contribution in [0.15, 0.2) is 12.1 Å². The molecule has 1 N–H and O–H groups in total. The van der Waals surface area contributed by atoms with E-state index in [4.69, 9.17) is 9.47 Å². The van der Waals surface area contributed by atoms with Crippen molar-refractivity contribution in [2.75, 3.05) is 20.8 Å². The van der Waals surface area contributed by atoms with Crippen molar-refractivity contribution in [1.82, 2.24) is 0 Å². The van der Waals surface area contributed by atoms with Gasteiger partial charge in [-0.1, -0.05) is 0 Å². The van der Waals surface area contributed by atoms with Crippen LogP contribution >= 0.6 is 0 Å². The van der Waals surface area contributed by atoms with E-state index >= 15 is 0 Å². The number of ether oxygens (including phenoxy) is 2. The topological polar surface area (TPSA) is 38.7 Å². The lowest BCUT2D eigenvalue weighted by molar-refractivity contribution is 0.211. The molecule has 0 bridgehead atoms. The number of aliphatic hydroxyl groups excluding tert-OH is 1. The van der Waals surface area contributed by atoms with Crippen molar-refractivity contribution < 1.29 is 14.6 Å². The van der Waals surface area contributed by atoms with E-state index in [-0.39, 0.29) is 12.0 Å². The molecule has 0 saturated heterocycles. The summed E-state index contributed by atoms with van der Waals surface area (Å²) in [6.07, 6.45) is 3.17. The highest BCUT2D eigenvalue weighted by Crippen LogP contribution is 2.48. The molecule has 1 saturated carbocycles. The van der Waals surface area contributed by atoms with Gasteiger partial charge in [-0.15, -0.1) is 0 Å². The highest BCUT2D eigenvalue weighted by molar-refractivity contribution is 5.47. The number of benzene rings is 1. The third kappa shape index (κ3) is 2.39. The van der Waals surface area contributed by atoms with Crippen molar-refractivity contribution in [3.63, 3.8) is 0 Å². The number of methoxy groups -OCH3 is 2. The first-order valence-corrected chi connectivity index (χ1v) is 5.96. The normalized spacial score (nSPS) is 16.7. The number of aliphatic hydroxyl groups is 1. The summed E-state index contributed by atoms with van der Waals surface area (Å²) in [5.74, 6) is 1.53. The van der Waals surface area contributed by atoms with E-state index in [1.807, 2.05) is 12.1 Å². The Balaban J connectivity index is 2.28. The molecule has 94 valence electrons. The van der Waals surface area contributed by atoms with Crippen molar-refractivity contribution >= 4 is 0 Å². The summed E-state index contributed by atoms with van der Waals surface area (Å²) in [6.45, 7) is 2.35. The van der Waals surface area contributed by atoms with Crippen molar-refractivity contribution in [3.05, 3.63) is 23.3 Å². The van der Waals surface area contributed by atoms with Gasteiger partial charge in [0, 0.05) is 6.61 Å². The minimum Gasteiger partial charge on any atom is -0.493 e. The molecule has 0 unspecified atom stereocenters. The molecule has 1 aliphatic rings. The molecular weight excluding hydrogens is 216 g/mol. The van der Waals surface area contributed by atoms with Crippen LogP contribution < -0.4 is 9.47 Å². The second-order valence-electron chi connectivity index (χ2n) is 4.97. The number of rotatable bonds is 5.